The predicted octanol–water partition coefficient (Wildman–Crippen LogP) is 4.17. The van der Waals surface area contributed by atoms with E-state index >= 15 is 0 Å². The largest absolute Gasteiger partial charge is 0.458 e. The summed E-state index contributed by atoms with van der Waals surface area (Å²) in [7, 11) is -3.64. The van der Waals surface area contributed by atoms with E-state index in [0.717, 1.165) is 17.7 Å². The minimum atomic E-state index is -3.64. The first-order valence-electron chi connectivity index (χ1n) is 9.01. The lowest BCUT2D eigenvalue weighted by Crippen LogP contribution is -2.39. The van der Waals surface area contributed by atoms with Crippen molar-refractivity contribution in [3.63, 3.8) is 0 Å². The maximum Gasteiger partial charge on any atom is 0.243 e. The molecule has 0 amide bonds. The van der Waals surface area contributed by atoms with Crippen LogP contribution in [0, 0.1) is 13.8 Å². The highest BCUT2D eigenvalue weighted by Crippen LogP contribution is 2.31. The summed E-state index contributed by atoms with van der Waals surface area (Å²) in [5, 5.41) is 4.41. The first kappa shape index (κ1) is 19.2. The van der Waals surface area contributed by atoms with Crippen molar-refractivity contribution in [2.24, 2.45) is 0 Å². The number of aromatic nitrogens is 2. The van der Waals surface area contributed by atoms with Crippen molar-refractivity contribution >= 4 is 21.6 Å². The highest BCUT2D eigenvalue weighted by Gasteiger charge is 2.33. The molecule has 0 unspecified atom stereocenters. The van der Waals surface area contributed by atoms with Crippen LogP contribution in [-0.2, 0) is 10.0 Å². The molecule has 148 valence electrons. The zero-order valence-electron chi connectivity index (χ0n) is 15.6. The second kappa shape index (κ2) is 7.35. The fourth-order valence-corrected chi connectivity index (χ4v) is 5.10. The Hall–Kier alpha value is -2.16. The molecule has 1 fully saturated rings. The molecule has 0 aliphatic carbocycles. The van der Waals surface area contributed by atoms with E-state index in [1.807, 2.05) is 19.9 Å². The average molecular weight is 422 g/mol. The Morgan fingerprint density at radius 2 is 2.04 bits per heavy atom. The van der Waals surface area contributed by atoms with Crippen LogP contribution in [0.2, 0.25) is 5.02 Å². The molecule has 1 aliphatic rings. The number of furan rings is 1. The summed E-state index contributed by atoms with van der Waals surface area (Å²) in [4.78, 5) is 4.61. The summed E-state index contributed by atoms with van der Waals surface area (Å²) < 4.78 is 38.5. The topological polar surface area (TPSA) is 89.4 Å². The quantitative estimate of drug-likeness (QED) is 0.628. The molecule has 2 aromatic heterocycles. The molecule has 28 heavy (non-hydrogen) atoms. The fourth-order valence-electron chi connectivity index (χ4n) is 3.30. The number of piperidine rings is 1. The van der Waals surface area contributed by atoms with Gasteiger partial charge in [0.1, 0.15) is 5.76 Å². The first-order valence-corrected chi connectivity index (χ1v) is 10.8. The Morgan fingerprint density at radius 3 is 2.75 bits per heavy atom. The van der Waals surface area contributed by atoms with Gasteiger partial charge in [-0.3, -0.25) is 0 Å². The zero-order chi connectivity index (χ0) is 19.9. The van der Waals surface area contributed by atoms with E-state index in [1.165, 1.54) is 10.4 Å². The van der Waals surface area contributed by atoms with Crippen molar-refractivity contribution in [3.8, 4) is 11.6 Å². The van der Waals surface area contributed by atoms with Crippen LogP contribution < -0.4 is 0 Å². The Morgan fingerprint density at radius 1 is 1.21 bits per heavy atom. The number of aryl methyl sites for hydroxylation is 2. The Bertz CT molecular complexity index is 1110. The van der Waals surface area contributed by atoms with Crippen molar-refractivity contribution in [1.29, 1.82) is 0 Å². The fraction of sp³-hybridized carbons (Fsp3) is 0.368. The minimum absolute atomic E-state index is 0.165. The van der Waals surface area contributed by atoms with Crippen molar-refractivity contribution < 1.29 is 17.4 Å². The van der Waals surface area contributed by atoms with Gasteiger partial charge >= 0.3 is 0 Å². The van der Waals surface area contributed by atoms with Gasteiger partial charge in [-0.25, -0.2) is 8.42 Å². The minimum Gasteiger partial charge on any atom is -0.458 e. The third kappa shape index (κ3) is 3.59. The zero-order valence-corrected chi connectivity index (χ0v) is 17.1. The van der Waals surface area contributed by atoms with Crippen LogP contribution in [0.15, 0.2) is 44.2 Å². The number of sulfonamides is 1. The number of hydrogen-bond acceptors (Lipinski definition) is 6. The number of rotatable bonds is 4. The van der Waals surface area contributed by atoms with Crippen LogP contribution in [0.4, 0.5) is 0 Å². The van der Waals surface area contributed by atoms with E-state index in [9.17, 15) is 8.42 Å². The lowest BCUT2D eigenvalue weighted by molar-refractivity contribution is 0.265. The summed E-state index contributed by atoms with van der Waals surface area (Å²) in [5.41, 5.74) is 0.837. The molecule has 1 aliphatic heterocycles. The van der Waals surface area contributed by atoms with Gasteiger partial charge in [-0.1, -0.05) is 22.8 Å². The molecule has 3 aromatic rings. The first-order chi connectivity index (χ1) is 13.3. The van der Waals surface area contributed by atoms with Gasteiger partial charge in [-0.05, 0) is 56.5 Å². The van der Waals surface area contributed by atoms with Gasteiger partial charge in [-0.2, -0.15) is 9.29 Å². The van der Waals surface area contributed by atoms with Crippen molar-refractivity contribution in [2.75, 3.05) is 13.1 Å². The third-order valence-corrected chi connectivity index (χ3v) is 7.19. The summed E-state index contributed by atoms with van der Waals surface area (Å²) in [6.45, 7) is 4.41. The molecular formula is C19H20ClN3O4S. The Labute approximate surface area is 168 Å². The second-order valence-electron chi connectivity index (χ2n) is 6.98. The molecule has 0 saturated carbocycles. The van der Waals surface area contributed by atoms with Crippen LogP contribution in [0.1, 0.15) is 36.0 Å². The van der Waals surface area contributed by atoms with Crippen molar-refractivity contribution in [1.82, 2.24) is 14.4 Å². The van der Waals surface area contributed by atoms with Crippen molar-refractivity contribution in [3.05, 3.63) is 52.6 Å². The molecule has 0 bridgehead atoms. The summed E-state index contributed by atoms with van der Waals surface area (Å²) >= 11 is 6.12. The van der Waals surface area contributed by atoms with E-state index in [2.05, 4.69) is 10.1 Å². The summed E-state index contributed by atoms with van der Waals surface area (Å²) in [6.07, 6.45) is 1.49. The van der Waals surface area contributed by atoms with Crippen LogP contribution in [0.3, 0.4) is 0 Å². The maximum atomic E-state index is 13.0. The van der Waals surface area contributed by atoms with E-state index in [1.54, 1.807) is 18.2 Å². The van der Waals surface area contributed by atoms with Crippen LogP contribution in [0.5, 0.6) is 0 Å². The van der Waals surface area contributed by atoms with Gasteiger partial charge in [-0.15, -0.1) is 0 Å². The molecule has 9 heteroatoms. The molecule has 7 nitrogen and oxygen atoms in total. The molecule has 0 radical (unpaired) electrons. The molecule has 1 saturated heterocycles. The van der Waals surface area contributed by atoms with Gasteiger partial charge in [0.15, 0.2) is 5.76 Å². The Balaban J connectivity index is 1.56. The van der Waals surface area contributed by atoms with Gasteiger partial charge < -0.3 is 8.94 Å². The molecule has 0 spiro atoms. The molecule has 1 atom stereocenters. The highest BCUT2D eigenvalue weighted by molar-refractivity contribution is 7.89. The van der Waals surface area contributed by atoms with E-state index in [-0.39, 0.29) is 17.4 Å². The summed E-state index contributed by atoms with van der Waals surface area (Å²) in [6, 6.07) is 8.41. The van der Waals surface area contributed by atoms with Crippen LogP contribution in [-0.4, -0.2) is 36.0 Å². The third-order valence-electron chi connectivity index (χ3n) is 4.92. The standard InChI is InChI=1S/C19H20ClN3O4S/c1-12-5-7-15(10-16(12)20)28(24,25)23-9-3-4-14(11-23)19-21-18(22-27-19)17-8-6-13(2)26-17/h5-8,10,14H,3-4,9,11H2,1-2H3/t14-/m0/s1. The lowest BCUT2D eigenvalue weighted by Gasteiger charge is -2.30. The SMILES string of the molecule is Cc1ccc(-c2noc([C@H]3CCCN(S(=O)(=O)c4ccc(C)c(Cl)c4)C3)n2)o1. The van der Waals surface area contributed by atoms with Crippen LogP contribution in [0.25, 0.3) is 11.6 Å². The maximum absolute atomic E-state index is 13.0. The smallest absolute Gasteiger partial charge is 0.243 e. The monoisotopic (exact) mass is 421 g/mol. The number of halogens is 1. The molecule has 4 rings (SSSR count). The van der Waals surface area contributed by atoms with Gasteiger partial charge in [0, 0.05) is 18.1 Å². The highest BCUT2D eigenvalue weighted by atomic mass is 35.5. The summed E-state index contributed by atoms with van der Waals surface area (Å²) in [5.74, 6) is 1.91. The molecular weight excluding hydrogens is 402 g/mol. The second-order valence-corrected chi connectivity index (χ2v) is 9.32. The molecule has 3 heterocycles. The predicted molar refractivity (Wildman–Crippen MR) is 104 cm³/mol. The number of nitrogens with zero attached hydrogens (tertiary/aromatic N) is 3. The molecule has 0 N–H and O–H groups in total. The van der Waals surface area contributed by atoms with E-state index < -0.39 is 10.0 Å². The van der Waals surface area contributed by atoms with Crippen molar-refractivity contribution in [2.45, 2.75) is 37.5 Å². The normalized spacial score (nSPS) is 18.5. The van der Waals surface area contributed by atoms with Gasteiger partial charge in [0.2, 0.25) is 21.7 Å². The van der Waals surface area contributed by atoms with Gasteiger partial charge in [0.05, 0.1) is 10.8 Å². The molecule has 1 aromatic carbocycles. The average Bonchev–Trinajstić information content (AvgIpc) is 3.33. The van der Waals surface area contributed by atoms with E-state index in [4.69, 9.17) is 20.5 Å². The number of hydrogen-bond donors (Lipinski definition) is 0. The number of benzene rings is 1. The van der Waals surface area contributed by atoms with Crippen LogP contribution >= 0.6 is 11.6 Å². The lowest BCUT2D eigenvalue weighted by atomic mass is 10.00. The van der Waals surface area contributed by atoms with Gasteiger partial charge in [0.25, 0.3) is 0 Å². The Kier molecular flexibility index (Phi) is 5.03. The van der Waals surface area contributed by atoms with E-state index in [0.29, 0.717) is 35.5 Å².